The van der Waals surface area contributed by atoms with E-state index in [1.807, 2.05) is 4.90 Å². The average molecular weight is 648 g/mol. The molecule has 0 spiro atoms. The molecule has 5 rings (SSSR count). The van der Waals surface area contributed by atoms with E-state index in [1.165, 1.54) is 36.7 Å². The second-order valence-corrected chi connectivity index (χ2v) is 10.8. The molecule has 1 aliphatic heterocycles. The van der Waals surface area contributed by atoms with Gasteiger partial charge in [0.2, 0.25) is 11.9 Å². The van der Waals surface area contributed by atoms with Crippen LogP contribution in [0.5, 0.6) is 0 Å². The highest BCUT2D eigenvalue weighted by atomic mass is 35.5. The van der Waals surface area contributed by atoms with Crippen molar-refractivity contribution in [3.8, 4) is 11.3 Å². The Morgan fingerprint density at radius 1 is 1.17 bits per heavy atom. The van der Waals surface area contributed by atoms with Gasteiger partial charge in [-0.15, -0.1) is 0 Å². The molecule has 13 nitrogen and oxygen atoms in total. The van der Waals surface area contributed by atoms with E-state index in [2.05, 4.69) is 40.1 Å². The van der Waals surface area contributed by atoms with Gasteiger partial charge in [0.05, 0.1) is 41.1 Å². The van der Waals surface area contributed by atoms with Crippen molar-refractivity contribution >= 4 is 45.9 Å². The number of aryl methyl sites for hydroxylation is 1. The topological polar surface area (TPSA) is 149 Å². The quantitative estimate of drug-likeness (QED) is 0.0721. The number of amides is 1. The van der Waals surface area contributed by atoms with Gasteiger partial charge < -0.3 is 19.9 Å². The summed E-state index contributed by atoms with van der Waals surface area (Å²) in [5.41, 5.74) is 10.4. The lowest BCUT2D eigenvalue weighted by Crippen LogP contribution is -2.50. The zero-order chi connectivity index (χ0) is 32.8. The van der Waals surface area contributed by atoms with Gasteiger partial charge in [0.25, 0.3) is 0 Å². The van der Waals surface area contributed by atoms with Gasteiger partial charge in [-0.3, -0.25) is 4.79 Å². The van der Waals surface area contributed by atoms with Crippen LogP contribution in [0.25, 0.3) is 37.6 Å². The van der Waals surface area contributed by atoms with Gasteiger partial charge in [-0.1, -0.05) is 22.8 Å². The molecule has 1 aromatic carbocycles. The summed E-state index contributed by atoms with van der Waals surface area (Å²) < 4.78 is 35.3. The number of carbonyl (C=O) groups is 1. The summed E-state index contributed by atoms with van der Waals surface area (Å²) in [5, 5.41) is 6.80. The van der Waals surface area contributed by atoms with E-state index in [9.17, 15) is 9.18 Å². The minimum Gasteiger partial charge on any atom is -0.375 e. The molecule has 0 radical (unpaired) electrons. The molecule has 1 fully saturated rings. The van der Waals surface area contributed by atoms with Crippen LogP contribution in [0.2, 0.25) is 5.02 Å². The number of nitrogens with zero attached hydrogens (tertiary/aromatic N) is 10. The number of hydrogen-bond donors (Lipinski definition) is 1. The van der Waals surface area contributed by atoms with Crippen LogP contribution >= 0.6 is 11.6 Å². The van der Waals surface area contributed by atoms with E-state index in [4.69, 9.17) is 28.4 Å². The van der Waals surface area contributed by atoms with Gasteiger partial charge in [-0.2, -0.15) is 0 Å². The van der Waals surface area contributed by atoms with Crippen LogP contribution < -0.4 is 10.2 Å². The maximum absolute atomic E-state index is 15.4. The molecule has 46 heavy (non-hydrogen) atoms. The number of fused-ring (bicyclic) bond motifs is 1. The minimum atomic E-state index is -0.637. The van der Waals surface area contributed by atoms with Crippen molar-refractivity contribution in [2.75, 3.05) is 56.2 Å². The second kappa shape index (κ2) is 14.3. The first-order valence-corrected chi connectivity index (χ1v) is 14.6. The van der Waals surface area contributed by atoms with Crippen molar-refractivity contribution in [1.29, 1.82) is 0 Å². The predicted octanol–water partition coefficient (Wildman–Crippen LogP) is 6.03. The largest absolute Gasteiger partial charge is 0.375 e. The Kier molecular flexibility index (Phi) is 10.0. The zero-order valence-electron chi connectivity index (χ0n) is 24.9. The molecule has 236 valence electrons. The van der Waals surface area contributed by atoms with Gasteiger partial charge >= 0.3 is 0 Å². The Labute approximate surface area is 267 Å². The molecule has 3 aromatic heterocycles. The number of carbonyl (C=O) groups excluding carboxylic acids is 1. The maximum atomic E-state index is 15.4. The highest BCUT2D eigenvalue weighted by Gasteiger charge is 2.24. The second-order valence-electron chi connectivity index (χ2n) is 10.4. The molecule has 0 unspecified atom stereocenters. The summed E-state index contributed by atoms with van der Waals surface area (Å²) in [6, 6.07) is 4.74. The lowest BCUT2D eigenvalue weighted by atomic mass is 10.1. The number of anilines is 2. The van der Waals surface area contributed by atoms with E-state index in [0.717, 1.165) is 0 Å². The minimum absolute atomic E-state index is 0.0199. The molecular weight excluding hydrogens is 620 g/mol. The number of benzene rings is 1. The highest BCUT2D eigenvalue weighted by Crippen LogP contribution is 2.37. The molecule has 1 saturated heterocycles. The molecule has 1 aliphatic rings. The Balaban J connectivity index is 1.34. The fraction of sp³-hybridized carbons (Fsp3) is 0.333. The van der Waals surface area contributed by atoms with Gasteiger partial charge in [0.15, 0.2) is 11.5 Å². The summed E-state index contributed by atoms with van der Waals surface area (Å²) in [6.07, 6.45) is 2.94. The number of hydrogen-bond acceptors (Lipinski definition) is 9. The molecule has 0 bridgehead atoms. The first kappa shape index (κ1) is 32.2. The normalized spacial score (nSPS) is 13.7. The van der Waals surface area contributed by atoms with Crippen LogP contribution in [-0.2, 0) is 9.53 Å². The van der Waals surface area contributed by atoms with Gasteiger partial charge in [0.1, 0.15) is 23.6 Å². The third-order valence-electron chi connectivity index (χ3n) is 7.41. The lowest BCUT2D eigenvalue weighted by Gasteiger charge is -2.34. The van der Waals surface area contributed by atoms with E-state index in [0.29, 0.717) is 49.1 Å². The van der Waals surface area contributed by atoms with Crippen LogP contribution in [0.15, 0.2) is 41.8 Å². The molecule has 1 amide bonds. The summed E-state index contributed by atoms with van der Waals surface area (Å²) in [6.45, 7) is 12.8. The Morgan fingerprint density at radius 3 is 2.61 bits per heavy atom. The molecule has 0 aliphatic carbocycles. The molecule has 0 saturated carbocycles. The zero-order valence-corrected chi connectivity index (χ0v) is 25.7. The SMILES string of the molecule is [C-]#[N+]c1ccc(F)c([C@H](C)Nc2c(Cl)c(C)nc3cc(F)c(-c4cnc(N5CCN(C(=O)COCCN=[N+]=[N-])CC5)nc4)nc23)c1. The van der Waals surface area contributed by atoms with Crippen LogP contribution in [0.1, 0.15) is 24.2 Å². The number of pyridine rings is 2. The summed E-state index contributed by atoms with van der Waals surface area (Å²) in [5.74, 6) is -0.870. The number of aromatic nitrogens is 4. The first-order valence-electron chi connectivity index (χ1n) is 14.2. The molecule has 4 aromatic rings. The standard InChI is InChI=1S/C30H28ClF2N11O2/c1-17(21-12-20(35-3)4-5-22(21)32)40-29-26(31)18(2)39-24-13-23(33)27(41-28(24)29)19-14-36-30(37-15-19)44-9-7-43(8-10-44)25(45)16-46-11-6-38-42-34/h4-5,12-15,17H,6-11,16H2,1-2H3,(H,39,40)/t17-/m0/s1. The van der Waals surface area contributed by atoms with E-state index < -0.39 is 17.7 Å². The van der Waals surface area contributed by atoms with E-state index in [1.54, 1.807) is 18.7 Å². The van der Waals surface area contributed by atoms with Crippen molar-refractivity contribution in [2.24, 2.45) is 5.11 Å². The van der Waals surface area contributed by atoms with E-state index in [-0.39, 0.29) is 58.7 Å². The number of ether oxygens (including phenoxy) is 1. The maximum Gasteiger partial charge on any atom is 0.248 e. The van der Waals surface area contributed by atoms with Crippen LogP contribution in [0.3, 0.4) is 0 Å². The van der Waals surface area contributed by atoms with Gasteiger partial charge in [-0.25, -0.2) is 33.6 Å². The van der Waals surface area contributed by atoms with Crippen LogP contribution in [0.4, 0.5) is 26.1 Å². The van der Waals surface area contributed by atoms with E-state index >= 15 is 4.39 Å². The number of nitrogens with one attached hydrogen (secondary N) is 1. The van der Waals surface area contributed by atoms with Crippen molar-refractivity contribution in [2.45, 2.75) is 19.9 Å². The summed E-state index contributed by atoms with van der Waals surface area (Å²) in [4.78, 5) is 39.8. The molecular formula is C30H28ClF2N11O2. The lowest BCUT2D eigenvalue weighted by molar-refractivity contribution is -0.136. The highest BCUT2D eigenvalue weighted by molar-refractivity contribution is 6.35. The summed E-state index contributed by atoms with van der Waals surface area (Å²) in [7, 11) is 0. The van der Waals surface area contributed by atoms with Crippen molar-refractivity contribution in [3.63, 3.8) is 0 Å². The van der Waals surface area contributed by atoms with Crippen molar-refractivity contribution in [1.82, 2.24) is 24.8 Å². The number of rotatable bonds is 10. The molecule has 1 atom stereocenters. The van der Waals surface area contributed by atoms with Crippen molar-refractivity contribution < 1.29 is 18.3 Å². The molecule has 1 N–H and O–H groups in total. The van der Waals surface area contributed by atoms with Crippen LogP contribution in [-0.4, -0.2) is 76.7 Å². The first-order chi connectivity index (χ1) is 22.2. The third-order valence-corrected chi connectivity index (χ3v) is 7.87. The Bertz CT molecular complexity index is 1860. The van der Waals surface area contributed by atoms with Crippen LogP contribution in [0, 0.1) is 25.1 Å². The molecule has 4 heterocycles. The number of halogens is 3. The fourth-order valence-corrected chi connectivity index (χ4v) is 5.17. The monoisotopic (exact) mass is 647 g/mol. The number of azide groups is 1. The smallest absolute Gasteiger partial charge is 0.248 e. The van der Waals surface area contributed by atoms with Gasteiger partial charge in [0, 0.05) is 61.7 Å². The Morgan fingerprint density at radius 2 is 1.91 bits per heavy atom. The number of piperazine rings is 1. The average Bonchev–Trinajstić information content (AvgIpc) is 3.07. The molecule has 16 heteroatoms. The Hall–Kier alpha value is -5.16. The fourth-order valence-electron chi connectivity index (χ4n) is 4.99. The third kappa shape index (κ3) is 7.05. The van der Waals surface area contributed by atoms with Gasteiger partial charge in [-0.05, 0) is 37.1 Å². The summed E-state index contributed by atoms with van der Waals surface area (Å²) >= 11 is 6.64. The predicted molar refractivity (Wildman–Crippen MR) is 169 cm³/mol. The van der Waals surface area contributed by atoms with Crippen molar-refractivity contribution in [3.05, 3.63) is 86.4 Å².